The molecule has 0 N–H and O–H groups in total. The summed E-state index contributed by atoms with van der Waals surface area (Å²) in [6, 6.07) is 9.77. The van der Waals surface area contributed by atoms with Gasteiger partial charge in [0.25, 0.3) is 0 Å². The van der Waals surface area contributed by atoms with Crippen molar-refractivity contribution in [3.63, 3.8) is 0 Å². The summed E-state index contributed by atoms with van der Waals surface area (Å²) in [5.41, 5.74) is 1.07. The second kappa shape index (κ2) is 4.88. The summed E-state index contributed by atoms with van der Waals surface area (Å²) in [5, 5.41) is -0.416. The molecule has 0 spiro atoms. The monoisotopic (exact) mass is 251 g/mol. The number of hydrogen-bond donors (Lipinski definition) is 0. The molecule has 90 valence electrons. The Morgan fingerprint density at radius 2 is 2.06 bits per heavy atom. The number of benzene rings is 1. The van der Waals surface area contributed by atoms with Crippen LogP contribution in [0.1, 0.15) is 24.9 Å². The molecular weight excluding hydrogens is 238 g/mol. The third-order valence-corrected chi connectivity index (χ3v) is 3.54. The van der Waals surface area contributed by atoms with Crippen molar-refractivity contribution in [3.8, 4) is 0 Å². The van der Waals surface area contributed by atoms with Gasteiger partial charge in [-0.3, -0.25) is 9.59 Å². The maximum absolute atomic E-state index is 11.8. The highest BCUT2D eigenvalue weighted by molar-refractivity contribution is 6.64. The molecule has 4 heteroatoms. The summed E-state index contributed by atoms with van der Waals surface area (Å²) in [6.45, 7) is 2.39. The van der Waals surface area contributed by atoms with Crippen LogP contribution in [-0.2, 0) is 9.59 Å². The zero-order valence-electron chi connectivity index (χ0n) is 9.60. The smallest absolute Gasteiger partial charge is 0.227 e. The summed E-state index contributed by atoms with van der Waals surface area (Å²) < 4.78 is 0. The van der Waals surface area contributed by atoms with Crippen molar-refractivity contribution in [2.45, 2.75) is 19.4 Å². The van der Waals surface area contributed by atoms with Crippen LogP contribution in [0.15, 0.2) is 30.3 Å². The molecule has 1 aliphatic heterocycles. The number of hydrogen-bond acceptors (Lipinski definition) is 2. The van der Waals surface area contributed by atoms with Gasteiger partial charge in [0, 0.05) is 13.0 Å². The highest BCUT2D eigenvalue weighted by atomic mass is 35.5. The zero-order chi connectivity index (χ0) is 12.4. The Labute approximate surface area is 105 Å². The van der Waals surface area contributed by atoms with Crippen LogP contribution in [-0.4, -0.2) is 22.6 Å². The van der Waals surface area contributed by atoms with Gasteiger partial charge in [0.1, 0.15) is 0 Å². The lowest BCUT2D eigenvalue weighted by molar-refractivity contribution is -0.129. The molecule has 1 aliphatic rings. The zero-order valence-corrected chi connectivity index (χ0v) is 10.4. The first-order valence-corrected chi connectivity index (χ1v) is 6.01. The van der Waals surface area contributed by atoms with Crippen LogP contribution >= 0.6 is 11.6 Å². The largest absolute Gasteiger partial charge is 0.335 e. The number of likely N-dealkylation sites (tertiary alicyclic amines) is 1. The first-order chi connectivity index (χ1) is 8.09. The van der Waals surface area contributed by atoms with E-state index >= 15 is 0 Å². The van der Waals surface area contributed by atoms with Gasteiger partial charge in [0.15, 0.2) is 0 Å². The van der Waals surface area contributed by atoms with E-state index in [9.17, 15) is 9.59 Å². The third kappa shape index (κ3) is 2.50. The van der Waals surface area contributed by atoms with E-state index in [0.717, 1.165) is 5.56 Å². The van der Waals surface area contributed by atoms with Gasteiger partial charge >= 0.3 is 0 Å². The molecule has 1 aromatic carbocycles. The molecular formula is C13H14ClNO2. The molecule has 3 nitrogen and oxygen atoms in total. The Bertz CT molecular complexity index is 432. The summed E-state index contributed by atoms with van der Waals surface area (Å²) in [4.78, 5) is 24.6. The Kier molecular flexibility index (Phi) is 3.48. The van der Waals surface area contributed by atoms with Gasteiger partial charge in [0.05, 0.1) is 12.0 Å². The molecule has 2 rings (SSSR count). The molecule has 1 aromatic rings. The minimum atomic E-state index is -0.416. The average molecular weight is 252 g/mol. The standard InChI is InChI=1S/C13H14ClNO2/c1-9(10-5-3-2-4-6-10)15-8-11(13(14)17)7-12(15)16/h2-6,9,11H,7-8H2,1H3/t9-,11-/m0/s1. The number of rotatable bonds is 3. The highest BCUT2D eigenvalue weighted by Gasteiger charge is 2.36. The van der Waals surface area contributed by atoms with Gasteiger partial charge in [0.2, 0.25) is 11.1 Å². The van der Waals surface area contributed by atoms with Crippen molar-refractivity contribution in [1.82, 2.24) is 4.90 Å². The fourth-order valence-electron chi connectivity index (χ4n) is 2.17. The lowest BCUT2D eigenvalue weighted by atomic mass is 10.1. The van der Waals surface area contributed by atoms with Crippen LogP contribution in [0.5, 0.6) is 0 Å². The summed E-state index contributed by atoms with van der Waals surface area (Å²) in [6.07, 6.45) is 0.236. The van der Waals surface area contributed by atoms with Gasteiger partial charge in [-0.05, 0) is 24.1 Å². The second-order valence-electron chi connectivity index (χ2n) is 4.34. The average Bonchev–Trinajstić information content (AvgIpc) is 2.72. The number of halogens is 1. The van der Waals surface area contributed by atoms with E-state index in [1.807, 2.05) is 37.3 Å². The van der Waals surface area contributed by atoms with E-state index < -0.39 is 5.24 Å². The molecule has 0 saturated carbocycles. The highest BCUT2D eigenvalue weighted by Crippen LogP contribution is 2.29. The van der Waals surface area contributed by atoms with Crippen LogP contribution < -0.4 is 0 Å². The van der Waals surface area contributed by atoms with Crippen molar-refractivity contribution < 1.29 is 9.59 Å². The van der Waals surface area contributed by atoms with Gasteiger partial charge < -0.3 is 4.90 Å². The summed E-state index contributed by atoms with van der Waals surface area (Å²) in [7, 11) is 0. The van der Waals surface area contributed by atoms with Crippen LogP contribution in [0.2, 0.25) is 0 Å². The molecule has 17 heavy (non-hydrogen) atoms. The third-order valence-electron chi connectivity index (χ3n) is 3.23. The SMILES string of the molecule is C[C@@H](c1ccccc1)N1C[C@@H](C(=O)Cl)CC1=O. The molecule has 0 aliphatic carbocycles. The molecule has 0 radical (unpaired) electrons. The molecule has 1 amide bonds. The number of carbonyl (C=O) groups is 2. The fraction of sp³-hybridized carbons (Fsp3) is 0.385. The van der Waals surface area contributed by atoms with Crippen LogP contribution in [0, 0.1) is 5.92 Å². The van der Waals surface area contributed by atoms with Crippen LogP contribution in [0.3, 0.4) is 0 Å². The number of nitrogens with zero attached hydrogens (tertiary/aromatic N) is 1. The van der Waals surface area contributed by atoms with E-state index in [0.29, 0.717) is 6.54 Å². The van der Waals surface area contributed by atoms with E-state index in [-0.39, 0.29) is 24.3 Å². The molecule has 0 bridgehead atoms. The Morgan fingerprint density at radius 3 is 2.59 bits per heavy atom. The first-order valence-electron chi connectivity index (χ1n) is 5.63. The van der Waals surface area contributed by atoms with E-state index in [2.05, 4.69) is 0 Å². The van der Waals surface area contributed by atoms with Crippen molar-refractivity contribution in [2.24, 2.45) is 5.92 Å². The van der Waals surface area contributed by atoms with Crippen LogP contribution in [0.4, 0.5) is 0 Å². The molecule has 0 unspecified atom stereocenters. The van der Waals surface area contributed by atoms with Crippen LogP contribution in [0.25, 0.3) is 0 Å². The molecule has 1 heterocycles. The van der Waals surface area contributed by atoms with Gasteiger partial charge in [-0.2, -0.15) is 0 Å². The van der Waals surface area contributed by atoms with Crippen molar-refractivity contribution in [3.05, 3.63) is 35.9 Å². The molecule has 0 aromatic heterocycles. The van der Waals surface area contributed by atoms with Crippen molar-refractivity contribution in [1.29, 1.82) is 0 Å². The van der Waals surface area contributed by atoms with E-state index in [4.69, 9.17) is 11.6 Å². The minimum absolute atomic E-state index is 0.000327. The van der Waals surface area contributed by atoms with Crippen molar-refractivity contribution >= 4 is 22.8 Å². The second-order valence-corrected chi connectivity index (χ2v) is 4.71. The normalized spacial score (nSPS) is 21.6. The van der Waals surface area contributed by atoms with E-state index in [1.165, 1.54) is 0 Å². The van der Waals surface area contributed by atoms with Gasteiger partial charge in [-0.25, -0.2) is 0 Å². The first kappa shape index (κ1) is 12.1. The van der Waals surface area contributed by atoms with E-state index in [1.54, 1.807) is 4.90 Å². The topological polar surface area (TPSA) is 37.4 Å². The molecule has 2 atom stereocenters. The maximum atomic E-state index is 11.8. The Hall–Kier alpha value is -1.35. The van der Waals surface area contributed by atoms with Gasteiger partial charge in [-0.15, -0.1) is 0 Å². The summed E-state index contributed by atoms with van der Waals surface area (Å²) in [5.74, 6) is -0.351. The Balaban J connectivity index is 2.14. The minimum Gasteiger partial charge on any atom is -0.335 e. The molecule has 1 saturated heterocycles. The molecule has 1 fully saturated rings. The number of amides is 1. The quantitative estimate of drug-likeness (QED) is 0.774. The number of carbonyl (C=O) groups excluding carboxylic acids is 2. The fourth-order valence-corrected chi connectivity index (χ4v) is 2.32. The summed E-state index contributed by atoms with van der Waals surface area (Å²) >= 11 is 5.45. The van der Waals surface area contributed by atoms with Gasteiger partial charge in [-0.1, -0.05) is 30.3 Å². The van der Waals surface area contributed by atoms with Crippen molar-refractivity contribution in [2.75, 3.05) is 6.54 Å². The lowest BCUT2D eigenvalue weighted by Gasteiger charge is -2.24. The lowest BCUT2D eigenvalue weighted by Crippen LogP contribution is -2.28. The maximum Gasteiger partial charge on any atom is 0.227 e. The predicted molar refractivity (Wildman–Crippen MR) is 65.5 cm³/mol. The predicted octanol–water partition coefficient (Wildman–Crippen LogP) is 2.36. The Morgan fingerprint density at radius 1 is 1.41 bits per heavy atom.